The third-order valence-electron chi connectivity index (χ3n) is 4.02. The number of carbonyl (C=O) groups is 1. The third kappa shape index (κ3) is 3.74. The summed E-state index contributed by atoms with van der Waals surface area (Å²) in [6, 6.07) is 9.01. The van der Waals surface area contributed by atoms with Crippen LogP contribution in [0.25, 0.3) is 0 Å². The summed E-state index contributed by atoms with van der Waals surface area (Å²) in [5.41, 5.74) is 2.88. The van der Waals surface area contributed by atoms with Crippen LogP contribution < -0.4 is 14.9 Å². The number of amides is 2. The molecule has 2 aromatic rings. The zero-order chi connectivity index (χ0) is 18.2. The van der Waals surface area contributed by atoms with Gasteiger partial charge in [-0.05, 0) is 54.8 Å². The van der Waals surface area contributed by atoms with Crippen molar-refractivity contribution in [2.75, 3.05) is 27.7 Å². The first-order chi connectivity index (χ1) is 11.7. The number of hydrogen-bond donors (Lipinski definition) is 2. The molecule has 2 N–H and O–H groups in total. The molecule has 0 aliphatic carbocycles. The fourth-order valence-corrected chi connectivity index (χ4v) is 3.72. The van der Waals surface area contributed by atoms with Crippen LogP contribution in [0, 0.1) is 12.7 Å². The van der Waals surface area contributed by atoms with Crippen molar-refractivity contribution in [1.29, 1.82) is 0 Å². The van der Waals surface area contributed by atoms with Crippen molar-refractivity contribution in [2.24, 2.45) is 0 Å². The van der Waals surface area contributed by atoms with Gasteiger partial charge in [0.2, 0.25) is 10.0 Å². The summed E-state index contributed by atoms with van der Waals surface area (Å²) in [6.07, 6.45) is 1.76. The molecule has 0 fully saturated rings. The van der Waals surface area contributed by atoms with Gasteiger partial charge in [-0.15, -0.1) is 0 Å². The molecule has 2 amide bonds. The molecule has 0 spiro atoms. The first kappa shape index (κ1) is 17.2. The molecule has 0 bridgehead atoms. The smallest absolute Gasteiger partial charge is 0.308 e. The summed E-state index contributed by atoms with van der Waals surface area (Å²) >= 11 is 0. The van der Waals surface area contributed by atoms with Gasteiger partial charge in [-0.25, -0.2) is 17.6 Å². The van der Waals surface area contributed by atoms with Gasteiger partial charge in [0.05, 0.1) is 11.9 Å². The third-order valence-corrected chi connectivity index (χ3v) is 5.20. The van der Waals surface area contributed by atoms with Crippen molar-refractivity contribution in [2.45, 2.75) is 13.3 Å². The van der Waals surface area contributed by atoms with Crippen LogP contribution in [0.4, 0.5) is 26.2 Å². The van der Waals surface area contributed by atoms with Crippen LogP contribution in [-0.4, -0.2) is 27.2 Å². The number of hydrogen-bond acceptors (Lipinski definition) is 3. The predicted octanol–water partition coefficient (Wildman–Crippen LogP) is 3.10. The summed E-state index contributed by atoms with van der Waals surface area (Å²) in [5.74, 6) is -0.392. The Bertz CT molecular complexity index is 944. The number of anilines is 3. The number of urea groups is 1. The van der Waals surface area contributed by atoms with Crippen molar-refractivity contribution in [3.63, 3.8) is 0 Å². The number of rotatable bonds is 3. The Hall–Kier alpha value is -2.61. The molecule has 1 aliphatic rings. The summed E-state index contributed by atoms with van der Waals surface area (Å²) in [4.78, 5) is 12.1. The van der Waals surface area contributed by atoms with Crippen LogP contribution in [0.3, 0.4) is 0 Å². The quantitative estimate of drug-likeness (QED) is 0.879. The standard InChI is InChI=1S/C17H18FN3O3S/c1-11-3-4-14(10-15(11)18)20-17(22)19-13-5-6-16-12(9-13)7-8-21(16)25(2,23)24/h3-6,9-10H,7-8H2,1-2H3,(H2,19,20,22). The van der Waals surface area contributed by atoms with Crippen molar-refractivity contribution < 1.29 is 17.6 Å². The Morgan fingerprint density at radius 2 is 1.76 bits per heavy atom. The predicted molar refractivity (Wildman–Crippen MR) is 96.1 cm³/mol. The van der Waals surface area contributed by atoms with Crippen LogP contribution in [0.5, 0.6) is 0 Å². The normalized spacial score (nSPS) is 13.5. The van der Waals surface area contributed by atoms with Crippen LogP contribution in [0.2, 0.25) is 0 Å². The molecule has 0 radical (unpaired) electrons. The van der Waals surface area contributed by atoms with Crippen LogP contribution in [0.1, 0.15) is 11.1 Å². The van der Waals surface area contributed by atoms with E-state index in [1.54, 1.807) is 37.3 Å². The van der Waals surface area contributed by atoms with Gasteiger partial charge < -0.3 is 10.6 Å². The van der Waals surface area contributed by atoms with E-state index in [9.17, 15) is 17.6 Å². The lowest BCUT2D eigenvalue weighted by Gasteiger charge is -2.16. The Balaban J connectivity index is 1.71. The number of carbonyl (C=O) groups excluding carboxylic acids is 1. The Kier molecular flexibility index (Phi) is 4.38. The zero-order valence-electron chi connectivity index (χ0n) is 13.8. The molecule has 0 unspecified atom stereocenters. The summed E-state index contributed by atoms with van der Waals surface area (Å²) in [7, 11) is -3.30. The van der Waals surface area contributed by atoms with E-state index >= 15 is 0 Å². The molecule has 6 nitrogen and oxygen atoms in total. The maximum atomic E-state index is 13.5. The first-order valence-electron chi connectivity index (χ1n) is 7.69. The van der Waals surface area contributed by atoms with Gasteiger partial charge in [0.1, 0.15) is 5.82 Å². The number of halogens is 1. The molecule has 0 atom stereocenters. The maximum absolute atomic E-state index is 13.5. The van der Waals surface area contributed by atoms with Gasteiger partial charge in [-0.1, -0.05) is 6.07 Å². The maximum Gasteiger partial charge on any atom is 0.323 e. The topological polar surface area (TPSA) is 78.5 Å². The molecule has 1 aliphatic heterocycles. The van der Waals surface area contributed by atoms with E-state index in [4.69, 9.17) is 0 Å². The van der Waals surface area contributed by atoms with Crippen molar-refractivity contribution in [3.05, 3.63) is 53.3 Å². The highest BCUT2D eigenvalue weighted by molar-refractivity contribution is 7.92. The van der Waals surface area contributed by atoms with E-state index in [-0.39, 0.29) is 0 Å². The lowest BCUT2D eigenvalue weighted by Crippen LogP contribution is -2.27. The van der Waals surface area contributed by atoms with E-state index in [0.717, 1.165) is 5.56 Å². The van der Waals surface area contributed by atoms with Crippen LogP contribution >= 0.6 is 0 Å². The number of nitrogens with one attached hydrogen (secondary N) is 2. The van der Waals surface area contributed by atoms with Gasteiger partial charge in [-0.3, -0.25) is 4.31 Å². The number of benzene rings is 2. The van der Waals surface area contributed by atoms with E-state index in [1.807, 2.05) is 0 Å². The highest BCUT2D eigenvalue weighted by Gasteiger charge is 2.26. The van der Waals surface area contributed by atoms with Crippen molar-refractivity contribution in [1.82, 2.24) is 0 Å². The van der Waals surface area contributed by atoms with Gasteiger partial charge in [0.15, 0.2) is 0 Å². The number of fused-ring (bicyclic) bond motifs is 1. The molecule has 0 saturated carbocycles. The van der Waals surface area contributed by atoms with E-state index in [0.29, 0.717) is 35.6 Å². The van der Waals surface area contributed by atoms with E-state index < -0.39 is 21.9 Å². The average Bonchev–Trinajstić information content (AvgIpc) is 2.94. The minimum absolute atomic E-state index is 0.352. The minimum atomic E-state index is -3.30. The van der Waals surface area contributed by atoms with Crippen LogP contribution in [-0.2, 0) is 16.4 Å². The highest BCUT2D eigenvalue weighted by Crippen LogP contribution is 2.32. The lowest BCUT2D eigenvalue weighted by molar-refractivity contribution is 0.262. The van der Waals surface area contributed by atoms with Crippen LogP contribution in [0.15, 0.2) is 36.4 Å². The van der Waals surface area contributed by atoms with Gasteiger partial charge in [0, 0.05) is 17.9 Å². The number of nitrogens with zero attached hydrogens (tertiary/aromatic N) is 1. The fourth-order valence-electron chi connectivity index (χ4n) is 2.76. The Morgan fingerprint density at radius 1 is 1.12 bits per heavy atom. The molecule has 2 aromatic carbocycles. The minimum Gasteiger partial charge on any atom is -0.308 e. The lowest BCUT2D eigenvalue weighted by atomic mass is 10.1. The van der Waals surface area contributed by atoms with E-state index in [1.165, 1.54) is 16.6 Å². The van der Waals surface area contributed by atoms with Crippen molar-refractivity contribution in [3.8, 4) is 0 Å². The second kappa shape index (κ2) is 6.36. The summed E-state index contributed by atoms with van der Waals surface area (Å²) in [6.45, 7) is 2.04. The molecule has 0 aromatic heterocycles. The molecular formula is C17H18FN3O3S. The summed E-state index contributed by atoms with van der Waals surface area (Å²) < 4.78 is 38.3. The Morgan fingerprint density at radius 3 is 2.40 bits per heavy atom. The molecule has 25 heavy (non-hydrogen) atoms. The van der Waals surface area contributed by atoms with E-state index in [2.05, 4.69) is 10.6 Å². The molecule has 8 heteroatoms. The number of sulfonamides is 1. The molecule has 1 heterocycles. The van der Waals surface area contributed by atoms with Gasteiger partial charge >= 0.3 is 6.03 Å². The average molecular weight is 363 g/mol. The zero-order valence-corrected chi connectivity index (χ0v) is 14.7. The largest absolute Gasteiger partial charge is 0.323 e. The SMILES string of the molecule is Cc1ccc(NC(=O)Nc2ccc3c(c2)CCN3S(C)(=O)=O)cc1F. The summed E-state index contributed by atoms with van der Waals surface area (Å²) in [5, 5.41) is 5.23. The molecular weight excluding hydrogens is 345 g/mol. The molecule has 132 valence electrons. The van der Waals surface area contributed by atoms with Gasteiger partial charge in [-0.2, -0.15) is 0 Å². The molecule has 3 rings (SSSR count). The monoisotopic (exact) mass is 363 g/mol. The van der Waals surface area contributed by atoms with Crippen molar-refractivity contribution >= 4 is 33.1 Å². The number of aryl methyl sites for hydroxylation is 1. The Labute approximate surface area is 145 Å². The first-order valence-corrected chi connectivity index (χ1v) is 9.54. The molecule has 0 saturated heterocycles. The highest BCUT2D eigenvalue weighted by atomic mass is 32.2. The fraction of sp³-hybridized carbons (Fsp3) is 0.235. The second-order valence-electron chi connectivity index (χ2n) is 5.97. The van der Waals surface area contributed by atoms with Gasteiger partial charge in [0.25, 0.3) is 0 Å². The second-order valence-corrected chi connectivity index (χ2v) is 7.88.